The molecule has 0 bridgehead atoms. The average Bonchev–Trinajstić information content (AvgIpc) is 2.18. The van der Waals surface area contributed by atoms with E-state index in [0.717, 1.165) is 5.56 Å². The van der Waals surface area contributed by atoms with Crippen molar-refractivity contribution >= 4 is 11.8 Å². The molecular formula is C10H13NO3. The van der Waals surface area contributed by atoms with E-state index in [1.54, 1.807) is 31.2 Å². The Morgan fingerprint density at radius 1 is 1.57 bits per heavy atom. The average molecular weight is 195 g/mol. The van der Waals surface area contributed by atoms with E-state index >= 15 is 0 Å². The second kappa shape index (κ2) is 4.62. The van der Waals surface area contributed by atoms with Crippen molar-refractivity contribution in [1.29, 1.82) is 0 Å². The number of hydrogen-bond acceptors (Lipinski definition) is 3. The van der Waals surface area contributed by atoms with Gasteiger partial charge in [-0.25, -0.2) is 4.79 Å². The van der Waals surface area contributed by atoms with Gasteiger partial charge in [-0.2, -0.15) is 0 Å². The molecule has 4 heteroatoms. The Morgan fingerprint density at radius 2 is 2.29 bits per heavy atom. The van der Waals surface area contributed by atoms with E-state index in [9.17, 15) is 9.90 Å². The zero-order valence-electron chi connectivity index (χ0n) is 8.15. The van der Waals surface area contributed by atoms with E-state index in [1.165, 1.54) is 7.11 Å². The third-order valence-corrected chi connectivity index (χ3v) is 1.80. The number of carbonyl (C=O) groups excluding carboxylic acids is 1. The van der Waals surface area contributed by atoms with Gasteiger partial charge in [-0.15, -0.1) is 0 Å². The Balaban J connectivity index is 2.78. The lowest BCUT2D eigenvalue weighted by Crippen LogP contribution is -2.11. The van der Waals surface area contributed by atoms with Crippen LogP contribution in [0.2, 0.25) is 0 Å². The molecule has 0 saturated heterocycles. The minimum atomic E-state index is -0.547. The molecule has 76 valence electrons. The first-order chi connectivity index (χ1) is 6.63. The van der Waals surface area contributed by atoms with Crippen molar-refractivity contribution < 1.29 is 14.6 Å². The van der Waals surface area contributed by atoms with Crippen LogP contribution in [-0.2, 0) is 4.74 Å². The van der Waals surface area contributed by atoms with E-state index in [0.29, 0.717) is 5.69 Å². The van der Waals surface area contributed by atoms with Crippen LogP contribution >= 0.6 is 0 Å². The van der Waals surface area contributed by atoms with Gasteiger partial charge in [0.05, 0.1) is 13.2 Å². The van der Waals surface area contributed by atoms with Crippen molar-refractivity contribution in [2.45, 2.75) is 13.0 Å². The van der Waals surface area contributed by atoms with Gasteiger partial charge in [0.15, 0.2) is 0 Å². The number of anilines is 1. The maximum Gasteiger partial charge on any atom is 0.411 e. The fourth-order valence-electron chi connectivity index (χ4n) is 1.05. The van der Waals surface area contributed by atoms with Crippen molar-refractivity contribution in [1.82, 2.24) is 0 Å². The summed E-state index contributed by atoms with van der Waals surface area (Å²) in [5, 5.41) is 11.8. The minimum absolute atomic E-state index is 0.521. The van der Waals surface area contributed by atoms with Crippen LogP contribution in [0.3, 0.4) is 0 Å². The lowest BCUT2D eigenvalue weighted by atomic mass is 10.1. The normalized spacial score (nSPS) is 11.9. The maximum atomic E-state index is 10.9. The van der Waals surface area contributed by atoms with Crippen LogP contribution in [0, 0.1) is 0 Å². The molecule has 0 fully saturated rings. The summed E-state index contributed by atoms with van der Waals surface area (Å²) in [6.07, 6.45) is -1.07. The zero-order valence-corrected chi connectivity index (χ0v) is 8.15. The fraction of sp³-hybridized carbons (Fsp3) is 0.300. The standard InChI is InChI=1S/C10H13NO3/c1-7(12)8-4-3-5-9(6-8)11-10(13)14-2/h3-7,12H,1-2H3,(H,11,13). The lowest BCUT2D eigenvalue weighted by Gasteiger charge is -2.07. The molecule has 0 spiro atoms. The number of ether oxygens (including phenoxy) is 1. The van der Waals surface area contributed by atoms with E-state index in [-0.39, 0.29) is 0 Å². The van der Waals surface area contributed by atoms with Crippen LogP contribution in [0.4, 0.5) is 10.5 Å². The van der Waals surface area contributed by atoms with Crippen LogP contribution in [0.5, 0.6) is 0 Å². The molecule has 4 nitrogen and oxygen atoms in total. The fourth-order valence-corrected chi connectivity index (χ4v) is 1.05. The van der Waals surface area contributed by atoms with Gasteiger partial charge < -0.3 is 9.84 Å². The summed E-state index contributed by atoms with van der Waals surface area (Å²) in [6.45, 7) is 1.66. The van der Waals surface area contributed by atoms with Crippen molar-refractivity contribution in [3.8, 4) is 0 Å². The first-order valence-electron chi connectivity index (χ1n) is 4.26. The highest BCUT2D eigenvalue weighted by atomic mass is 16.5. The van der Waals surface area contributed by atoms with Gasteiger partial charge in [-0.3, -0.25) is 5.32 Å². The number of aliphatic hydroxyl groups excluding tert-OH is 1. The highest BCUT2D eigenvalue weighted by Gasteiger charge is 2.03. The Kier molecular flexibility index (Phi) is 3.48. The van der Waals surface area contributed by atoms with Crippen LogP contribution in [0.15, 0.2) is 24.3 Å². The summed E-state index contributed by atoms with van der Waals surface area (Å²) >= 11 is 0. The first kappa shape index (κ1) is 10.5. The summed E-state index contributed by atoms with van der Waals surface area (Å²) < 4.78 is 4.44. The lowest BCUT2D eigenvalue weighted by molar-refractivity contribution is 0.186. The molecule has 0 saturated carbocycles. The van der Waals surface area contributed by atoms with E-state index < -0.39 is 12.2 Å². The van der Waals surface area contributed by atoms with Gasteiger partial charge in [0, 0.05) is 5.69 Å². The number of aliphatic hydroxyl groups is 1. The largest absolute Gasteiger partial charge is 0.453 e. The summed E-state index contributed by atoms with van der Waals surface area (Å²) in [5.74, 6) is 0. The smallest absolute Gasteiger partial charge is 0.411 e. The predicted molar refractivity (Wildman–Crippen MR) is 53.1 cm³/mol. The molecule has 0 radical (unpaired) electrons. The topological polar surface area (TPSA) is 58.6 Å². The number of rotatable bonds is 2. The van der Waals surface area contributed by atoms with Gasteiger partial charge in [0.25, 0.3) is 0 Å². The summed E-state index contributed by atoms with van der Waals surface area (Å²) in [4.78, 5) is 10.9. The second-order valence-corrected chi connectivity index (χ2v) is 2.92. The third kappa shape index (κ3) is 2.74. The number of amides is 1. The number of carbonyl (C=O) groups is 1. The maximum absolute atomic E-state index is 10.9. The summed E-state index contributed by atoms with van der Waals surface area (Å²) in [6, 6.07) is 6.96. The number of nitrogens with one attached hydrogen (secondary N) is 1. The summed E-state index contributed by atoms with van der Waals surface area (Å²) in [5.41, 5.74) is 1.36. The number of methoxy groups -OCH3 is 1. The van der Waals surface area contributed by atoms with Gasteiger partial charge in [0.2, 0.25) is 0 Å². The first-order valence-corrected chi connectivity index (χ1v) is 4.26. The van der Waals surface area contributed by atoms with Crippen molar-refractivity contribution in [3.05, 3.63) is 29.8 Å². The Labute approximate surface area is 82.5 Å². The van der Waals surface area contributed by atoms with Crippen LogP contribution in [0.25, 0.3) is 0 Å². The van der Waals surface area contributed by atoms with Crippen molar-refractivity contribution in [3.63, 3.8) is 0 Å². The molecule has 1 unspecified atom stereocenters. The molecule has 0 aliphatic heterocycles. The molecule has 2 N–H and O–H groups in total. The molecule has 0 aliphatic carbocycles. The monoisotopic (exact) mass is 195 g/mol. The van der Waals surface area contributed by atoms with Crippen molar-refractivity contribution in [2.24, 2.45) is 0 Å². The molecule has 1 atom stereocenters. The van der Waals surface area contributed by atoms with Crippen LogP contribution < -0.4 is 5.32 Å². The highest BCUT2D eigenvalue weighted by Crippen LogP contribution is 2.16. The molecule has 0 aliphatic rings. The van der Waals surface area contributed by atoms with E-state index in [4.69, 9.17) is 0 Å². The molecular weight excluding hydrogens is 182 g/mol. The molecule has 1 aromatic carbocycles. The van der Waals surface area contributed by atoms with Gasteiger partial charge in [-0.1, -0.05) is 12.1 Å². The number of hydrogen-bond donors (Lipinski definition) is 2. The van der Waals surface area contributed by atoms with Crippen LogP contribution in [0.1, 0.15) is 18.6 Å². The van der Waals surface area contributed by atoms with Gasteiger partial charge >= 0.3 is 6.09 Å². The minimum Gasteiger partial charge on any atom is -0.453 e. The molecule has 1 aromatic rings. The van der Waals surface area contributed by atoms with Gasteiger partial charge in [-0.05, 0) is 24.6 Å². The molecule has 14 heavy (non-hydrogen) atoms. The second-order valence-electron chi connectivity index (χ2n) is 2.92. The molecule has 1 amide bonds. The van der Waals surface area contributed by atoms with E-state index in [1.807, 2.05) is 0 Å². The van der Waals surface area contributed by atoms with Gasteiger partial charge in [0.1, 0.15) is 0 Å². The van der Waals surface area contributed by atoms with E-state index in [2.05, 4.69) is 10.1 Å². The molecule has 0 heterocycles. The Hall–Kier alpha value is -1.55. The Morgan fingerprint density at radius 3 is 2.86 bits per heavy atom. The van der Waals surface area contributed by atoms with Crippen molar-refractivity contribution in [2.75, 3.05) is 12.4 Å². The third-order valence-electron chi connectivity index (χ3n) is 1.80. The van der Waals surface area contributed by atoms with Crippen LogP contribution in [-0.4, -0.2) is 18.3 Å². The predicted octanol–water partition coefficient (Wildman–Crippen LogP) is 1.92. The Bertz CT molecular complexity index is 323. The number of benzene rings is 1. The zero-order chi connectivity index (χ0) is 10.6. The summed E-state index contributed by atoms with van der Waals surface area (Å²) in [7, 11) is 1.30. The SMILES string of the molecule is COC(=O)Nc1cccc(C(C)O)c1. The quantitative estimate of drug-likeness (QED) is 0.757. The highest BCUT2D eigenvalue weighted by molar-refractivity contribution is 5.84. The molecule has 1 rings (SSSR count). The molecule has 0 aromatic heterocycles.